The average molecular weight is 288 g/mol. The highest BCUT2D eigenvalue weighted by molar-refractivity contribution is 5.93. The van der Waals surface area contributed by atoms with E-state index in [0.717, 1.165) is 12.5 Å². The van der Waals surface area contributed by atoms with E-state index >= 15 is 0 Å². The zero-order valence-corrected chi connectivity index (χ0v) is 10.7. The number of benzene rings is 1. The van der Waals surface area contributed by atoms with Crippen molar-refractivity contribution in [3.8, 4) is 0 Å². The van der Waals surface area contributed by atoms with Crippen molar-refractivity contribution in [3.63, 3.8) is 0 Å². The first-order chi connectivity index (χ1) is 9.38. The summed E-state index contributed by atoms with van der Waals surface area (Å²) in [5.74, 6) is -0.873. The van der Waals surface area contributed by atoms with Crippen LogP contribution in [-0.2, 0) is 15.7 Å². The number of halogens is 3. The number of hydrogen-bond donors (Lipinski definition) is 2. The van der Waals surface area contributed by atoms with Crippen LogP contribution in [0.1, 0.15) is 18.4 Å². The summed E-state index contributed by atoms with van der Waals surface area (Å²) in [5.41, 5.74) is 4.14. The molecule has 110 valence electrons. The number of nitrogens with one attached hydrogen (secondary N) is 1. The Bertz CT molecular complexity index is 497. The molecule has 20 heavy (non-hydrogen) atoms. The van der Waals surface area contributed by atoms with Crippen molar-refractivity contribution in [2.24, 2.45) is 5.92 Å². The summed E-state index contributed by atoms with van der Waals surface area (Å²) < 4.78 is 43.8. The highest BCUT2D eigenvalue weighted by Gasteiger charge is 2.34. The van der Waals surface area contributed by atoms with Gasteiger partial charge in [-0.25, -0.2) is 0 Å². The fraction of sp³-hybridized carbons (Fsp3) is 0.462. The number of rotatable bonds is 2. The van der Waals surface area contributed by atoms with Crippen molar-refractivity contribution in [2.45, 2.75) is 19.0 Å². The van der Waals surface area contributed by atoms with Crippen LogP contribution in [0, 0.1) is 5.92 Å². The second kappa shape index (κ2) is 5.70. The molecule has 0 bridgehead atoms. The lowest BCUT2D eigenvalue weighted by atomic mass is 10.0. The van der Waals surface area contributed by atoms with Crippen molar-refractivity contribution < 1.29 is 22.7 Å². The Balaban J connectivity index is 2.18. The zero-order valence-electron chi connectivity index (χ0n) is 10.7. The molecule has 1 fully saturated rings. The summed E-state index contributed by atoms with van der Waals surface area (Å²) in [7, 11) is 0. The maximum atomic E-state index is 12.9. The first-order valence-corrected chi connectivity index (χ1v) is 6.23. The van der Waals surface area contributed by atoms with E-state index in [0.29, 0.717) is 13.0 Å². The number of carbonyl (C=O) groups excluding carboxylic acids is 1. The lowest BCUT2D eigenvalue weighted by Crippen LogP contribution is -2.30. The first kappa shape index (κ1) is 14.6. The molecule has 1 aliphatic heterocycles. The van der Waals surface area contributed by atoms with Gasteiger partial charge in [0.05, 0.1) is 23.8 Å². The molecule has 1 atom stereocenters. The smallest absolute Gasteiger partial charge is 0.399 e. The van der Waals surface area contributed by atoms with Gasteiger partial charge in [0, 0.05) is 12.3 Å². The topological polar surface area (TPSA) is 64.3 Å². The third-order valence-corrected chi connectivity index (χ3v) is 3.14. The van der Waals surface area contributed by atoms with Crippen LogP contribution in [0.2, 0.25) is 0 Å². The molecule has 1 saturated heterocycles. The number of nitrogen functional groups attached to an aromatic ring is 1. The molecule has 1 amide bonds. The molecule has 0 aliphatic carbocycles. The second-order valence-corrected chi connectivity index (χ2v) is 4.71. The highest BCUT2D eigenvalue weighted by atomic mass is 19.4. The Morgan fingerprint density at radius 3 is 2.75 bits per heavy atom. The number of alkyl halides is 3. The van der Waals surface area contributed by atoms with E-state index in [9.17, 15) is 18.0 Å². The summed E-state index contributed by atoms with van der Waals surface area (Å²) in [4.78, 5) is 11.9. The molecule has 4 nitrogen and oxygen atoms in total. The van der Waals surface area contributed by atoms with Crippen molar-refractivity contribution in [3.05, 3.63) is 23.8 Å². The van der Waals surface area contributed by atoms with Gasteiger partial charge < -0.3 is 15.8 Å². The third-order valence-electron chi connectivity index (χ3n) is 3.14. The Labute approximate surface area is 114 Å². The molecule has 1 aliphatic rings. The van der Waals surface area contributed by atoms with Crippen molar-refractivity contribution in [2.75, 3.05) is 24.3 Å². The summed E-state index contributed by atoms with van der Waals surface area (Å²) >= 11 is 0. The first-order valence-electron chi connectivity index (χ1n) is 6.23. The number of ether oxygens (including phenoxy) is 1. The van der Waals surface area contributed by atoms with Gasteiger partial charge in [-0.1, -0.05) is 0 Å². The van der Waals surface area contributed by atoms with Gasteiger partial charge in [0.25, 0.3) is 0 Å². The van der Waals surface area contributed by atoms with Gasteiger partial charge >= 0.3 is 6.18 Å². The molecule has 2 rings (SSSR count). The predicted octanol–water partition coefficient (Wildman–Crippen LogP) is 2.65. The number of anilines is 2. The van der Waals surface area contributed by atoms with Crippen molar-refractivity contribution >= 4 is 17.3 Å². The van der Waals surface area contributed by atoms with Crippen LogP contribution in [0.15, 0.2) is 18.2 Å². The number of amides is 1. The van der Waals surface area contributed by atoms with Gasteiger partial charge in [-0.05, 0) is 31.0 Å². The van der Waals surface area contributed by atoms with Gasteiger partial charge in [-0.3, -0.25) is 4.79 Å². The second-order valence-electron chi connectivity index (χ2n) is 4.71. The quantitative estimate of drug-likeness (QED) is 0.822. The molecule has 0 spiro atoms. The predicted molar refractivity (Wildman–Crippen MR) is 68.0 cm³/mol. The van der Waals surface area contributed by atoms with Gasteiger partial charge in [0.1, 0.15) is 0 Å². The van der Waals surface area contributed by atoms with Crippen molar-refractivity contribution in [1.29, 1.82) is 0 Å². The molecule has 1 unspecified atom stereocenters. The summed E-state index contributed by atoms with van der Waals surface area (Å²) in [5, 5.41) is 2.32. The van der Waals surface area contributed by atoms with Crippen LogP contribution in [0.4, 0.5) is 24.5 Å². The van der Waals surface area contributed by atoms with E-state index in [1.54, 1.807) is 0 Å². The molecule has 1 heterocycles. The van der Waals surface area contributed by atoms with E-state index in [2.05, 4.69) is 5.32 Å². The molecule has 0 aromatic heterocycles. The van der Waals surface area contributed by atoms with Crippen LogP contribution in [0.25, 0.3) is 0 Å². The van der Waals surface area contributed by atoms with Gasteiger partial charge in [-0.2, -0.15) is 13.2 Å². The van der Waals surface area contributed by atoms with Crippen LogP contribution < -0.4 is 11.1 Å². The number of nitrogens with two attached hydrogens (primary N) is 1. The molecule has 0 radical (unpaired) electrons. The van der Waals surface area contributed by atoms with Crippen LogP contribution in [0.5, 0.6) is 0 Å². The monoisotopic (exact) mass is 288 g/mol. The van der Waals surface area contributed by atoms with E-state index in [-0.39, 0.29) is 18.0 Å². The molecule has 7 heteroatoms. The maximum absolute atomic E-state index is 12.9. The molecule has 1 aromatic rings. The lowest BCUT2D eigenvalue weighted by molar-refractivity contribution is -0.137. The lowest BCUT2D eigenvalue weighted by Gasteiger charge is -2.22. The molecule has 1 aromatic carbocycles. The SMILES string of the molecule is Nc1ccc(NC(=O)C2CCCOC2)c(C(F)(F)F)c1. The van der Waals surface area contributed by atoms with E-state index in [1.807, 2.05) is 0 Å². The Hall–Kier alpha value is -1.76. The molecule has 0 saturated carbocycles. The van der Waals surface area contributed by atoms with Crippen LogP contribution >= 0.6 is 0 Å². The zero-order chi connectivity index (χ0) is 14.8. The van der Waals surface area contributed by atoms with E-state index in [1.165, 1.54) is 12.1 Å². The van der Waals surface area contributed by atoms with Crippen LogP contribution in [-0.4, -0.2) is 19.1 Å². The van der Waals surface area contributed by atoms with Gasteiger partial charge in [-0.15, -0.1) is 0 Å². The largest absolute Gasteiger partial charge is 0.418 e. The van der Waals surface area contributed by atoms with E-state index < -0.39 is 23.6 Å². The number of hydrogen-bond acceptors (Lipinski definition) is 3. The maximum Gasteiger partial charge on any atom is 0.418 e. The highest BCUT2D eigenvalue weighted by Crippen LogP contribution is 2.36. The summed E-state index contributed by atoms with van der Waals surface area (Å²) in [6.07, 6.45) is -3.23. The fourth-order valence-corrected chi connectivity index (χ4v) is 2.09. The Morgan fingerprint density at radius 1 is 1.40 bits per heavy atom. The van der Waals surface area contributed by atoms with Crippen LogP contribution in [0.3, 0.4) is 0 Å². The minimum atomic E-state index is -4.57. The minimum Gasteiger partial charge on any atom is -0.399 e. The fourth-order valence-electron chi connectivity index (χ4n) is 2.09. The molecule has 3 N–H and O–H groups in total. The summed E-state index contributed by atoms with van der Waals surface area (Å²) in [6, 6.07) is 3.30. The van der Waals surface area contributed by atoms with Crippen molar-refractivity contribution in [1.82, 2.24) is 0 Å². The van der Waals surface area contributed by atoms with Gasteiger partial charge in [0.15, 0.2) is 0 Å². The summed E-state index contributed by atoms with van der Waals surface area (Å²) in [6.45, 7) is 0.821. The normalized spacial score (nSPS) is 19.6. The third kappa shape index (κ3) is 3.41. The minimum absolute atomic E-state index is 0.00340. The van der Waals surface area contributed by atoms with Gasteiger partial charge in [0.2, 0.25) is 5.91 Å². The molecular formula is C13H15F3N2O2. The number of carbonyl (C=O) groups is 1. The van der Waals surface area contributed by atoms with E-state index in [4.69, 9.17) is 10.5 Å². The molecular weight excluding hydrogens is 273 g/mol. The Kier molecular flexibility index (Phi) is 4.17. The average Bonchev–Trinajstić information content (AvgIpc) is 2.40. The Morgan fingerprint density at radius 2 is 2.15 bits per heavy atom. The standard InChI is InChI=1S/C13H15F3N2O2/c14-13(15,16)10-6-9(17)3-4-11(10)18-12(19)8-2-1-5-20-7-8/h3-4,6,8H,1-2,5,7,17H2,(H,18,19).